The van der Waals surface area contributed by atoms with Gasteiger partial charge in [-0.05, 0) is 57.2 Å². The van der Waals surface area contributed by atoms with E-state index in [1.807, 2.05) is 19.9 Å². The highest BCUT2D eigenvalue weighted by atomic mass is 16.5. The molecule has 1 aromatic heterocycles. The Labute approximate surface area is 171 Å². The molecule has 3 fully saturated rings. The third-order valence-electron chi connectivity index (χ3n) is 6.40. The second kappa shape index (κ2) is 8.14. The van der Waals surface area contributed by atoms with Gasteiger partial charge < -0.3 is 9.30 Å². The van der Waals surface area contributed by atoms with Crippen LogP contribution >= 0.6 is 0 Å². The maximum atomic E-state index is 13.1. The van der Waals surface area contributed by atoms with Crippen LogP contribution < -0.4 is 5.32 Å². The van der Waals surface area contributed by atoms with Crippen molar-refractivity contribution in [2.24, 2.45) is 0 Å². The molecule has 1 aromatic rings. The lowest BCUT2D eigenvalue weighted by atomic mass is 9.93. The molecule has 156 valence electrons. The number of imide groups is 2. The summed E-state index contributed by atoms with van der Waals surface area (Å²) < 4.78 is 7.93. The van der Waals surface area contributed by atoms with Crippen LogP contribution in [0.4, 0.5) is 4.79 Å². The largest absolute Gasteiger partial charge is 0.376 e. The fraction of sp³-hybridized carbons (Fsp3) is 0.591. The first-order valence-electron chi connectivity index (χ1n) is 10.6. The van der Waals surface area contributed by atoms with Gasteiger partial charge in [-0.3, -0.25) is 19.8 Å². The van der Waals surface area contributed by atoms with E-state index in [-0.39, 0.29) is 17.7 Å². The number of urea groups is 1. The zero-order valence-corrected chi connectivity index (χ0v) is 17.2. The van der Waals surface area contributed by atoms with Crippen molar-refractivity contribution in [3.63, 3.8) is 0 Å². The Kier molecular flexibility index (Phi) is 5.58. The Morgan fingerprint density at radius 1 is 1.10 bits per heavy atom. The van der Waals surface area contributed by atoms with Gasteiger partial charge in [-0.1, -0.05) is 19.3 Å². The van der Waals surface area contributed by atoms with Crippen LogP contribution in [-0.4, -0.2) is 46.1 Å². The summed E-state index contributed by atoms with van der Waals surface area (Å²) in [5.74, 6) is -1.09. The molecule has 0 bridgehead atoms. The van der Waals surface area contributed by atoms with Crippen LogP contribution in [-0.2, 0) is 20.9 Å². The molecule has 0 radical (unpaired) electrons. The molecule has 3 aliphatic rings. The Balaban J connectivity index is 1.61. The highest BCUT2D eigenvalue weighted by molar-refractivity contribution is 6.31. The van der Waals surface area contributed by atoms with E-state index >= 15 is 0 Å². The predicted octanol–water partition coefficient (Wildman–Crippen LogP) is 3.08. The summed E-state index contributed by atoms with van der Waals surface area (Å²) in [6.07, 6.45) is 8.70. The van der Waals surface area contributed by atoms with Crippen molar-refractivity contribution >= 4 is 23.9 Å². The molecule has 2 saturated heterocycles. The van der Waals surface area contributed by atoms with Crippen LogP contribution in [0.2, 0.25) is 0 Å². The quantitative estimate of drug-likeness (QED) is 0.623. The first-order chi connectivity index (χ1) is 14.0. The molecule has 1 N–H and O–H groups in total. The van der Waals surface area contributed by atoms with E-state index in [2.05, 4.69) is 9.88 Å². The van der Waals surface area contributed by atoms with E-state index in [4.69, 9.17) is 4.74 Å². The zero-order valence-electron chi connectivity index (χ0n) is 17.2. The van der Waals surface area contributed by atoms with Crippen molar-refractivity contribution in [2.75, 3.05) is 6.61 Å². The number of aryl methyl sites for hydroxylation is 1. The number of barbiturate groups is 1. The Morgan fingerprint density at radius 3 is 2.55 bits per heavy atom. The van der Waals surface area contributed by atoms with Crippen molar-refractivity contribution in [1.29, 1.82) is 0 Å². The van der Waals surface area contributed by atoms with Gasteiger partial charge in [0.15, 0.2) is 0 Å². The molecule has 7 nitrogen and oxygen atoms in total. The van der Waals surface area contributed by atoms with Gasteiger partial charge >= 0.3 is 6.03 Å². The van der Waals surface area contributed by atoms with Crippen LogP contribution in [0, 0.1) is 13.8 Å². The van der Waals surface area contributed by atoms with Gasteiger partial charge in [0.25, 0.3) is 11.8 Å². The van der Waals surface area contributed by atoms with Gasteiger partial charge in [0.2, 0.25) is 0 Å². The van der Waals surface area contributed by atoms with E-state index in [0.29, 0.717) is 0 Å². The summed E-state index contributed by atoms with van der Waals surface area (Å²) in [7, 11) is 0. The maximum Gasteiger partial charge on any atom is 0.331 e. The highest BCUT2D eigenvalue weighted by Gasteiger charge is 2.40. The first-order valence-corrected chi connectivity index (χ1v) is 10.6. The Hall–Kier alpha value is -2.41. The molecule has 1 atom stereocenters. The van der Waals surface area contributed by atoms with Crippen molar-refractivity contribution < 1.29 is 19.1 Å². The Morgan fingerprint density at radius 2 is 1.86 bits per heavy atom. The summed E-state index contributed by atoms with van der Waals surface area (Å²) in [4.78, 5) is 39.2. The summed E-state index contributed by atoms with van der Waals surface area (Å²) in [5, 5.41) is 2.36. The number of amides is 4. The summed E-state index contributed by atoms with van der Waals surface area (Å²) in [6.45, 7) is 5.59. The molecule has 7 heteroatoms. The van der Waals surface area contributed by atoms with Crippen molar-refractivity contribution in [3.05, 3.63) is 28.6 Å². The lowest BCUT2D eigenvalue weighted by Gasteiger charge is -2.35. The topological polar surface area (TPSA) is 80.6 Å². The van der Waals surface area contributed by atoms with Crippen LogP contribution in [0.5, 0.6) is 0 Å². The van der Waals surface area contributed by atoms with Gasteiger partial charge in [-0.25, -0.2) is 4.79 Å². The van der Waals surface area contributed by atoms with Gasteiger partial charge in [0.05, 0.1) is 6.10 Å². The third kappa shape index (κ3) is 3.88. The van der Waals surface area contributed by atoms with E-state index in [1.54, 1.807) is 6.08 Å². The van der Waals surface area contributed by atoms with E-state index in [1.165, 1.54) is 4.90 Å². The number of aromatic nitrogens is 1. The van der Waals surface area contributed by atoms with Crippen LogP contribution in [0.25, 0.3) is 6.08 Å². The minimum Gasteiger partial charge on any atom is -0.376 e. The Bertz CT molecular complexity index is 858. The van der Waals surface area contributed by atoms with Gasteiger partial charge in [0.1, 0.15) is 5.57 Å². The molecular formula is C22H29N3O4. The van der Waals surface area contributed by atoms with Crippen molar-refractivity contribution in [1.82, 2.24) is 14.8 Å². The summed E-state index contributed by atoms with van der Waals surface area (Å²) >= 11 is 0. The summed E-state index contributed by atoms with van der Waals surface area (Å²) in [6, 6.07) is 1.27. The average Bonchev–Trinajstić information content (AvgIpc) is 3.30. The monoisotopic (exact) mass is 399 g/mol. The lowest BCUT2D eigenvalue weighted by molar-refractivity contribution is -0.132. The molecular weight excluding hydrogens is 370 g/mol. The fourth-order valence-corrected chi connectivity index (χ4v) is 4.74. The standard InChI is InChI=1S/C22H29N3O4/c1-14-11-16(15(2)24(14)13-18-9-6-10-29-18)12-19-20(26)23-22(28)25(21(19)27)17-7-4-3-5-8-17/h11-12,17-18H,3-10,13H2,1-2H3,(H,23,26,28)/b19-12+/t18-/m0/s1. The number of carbonyl (C=O) groups is 3. The molecule has 29 heavy (non-hydrogen) atoms. The highest BCUT2D eigenvalue weighted by Crippen LogP contribution is 2.27. The molecule has 1 saturated carbocycles. The number of hydrogen-bond acceptors (Lipinski definition) is 4. The van der Waals surface area contributed by atoms with Gasteiger partial charge in [-0.2, -0.15) is 0 Å². The third-order valence-corrected chi connectivity index (χ3v) is 6.40. The molecule has 1 aliphatic carbocycles. The number of ether oxygens (including phenoxy) is 1. The van der Waals surface area contributed by atoms with Crippen LogP contribution in [0.1, 0.15) is 61.9 Å². The number of nitrogens with zero attached hydrogens (tertiary/aromatic N) is 2. The molecule has 2 aliphatic heterocycles. The van der Waals surface area contributed by atoms with Gasteiger partial charge in [-0.15, -0.1) is 0 Å². The lowest BCUT2D eigenvalue weighted by Crippen LogP contribution is -2.58. The van der Waals surface area contributed by atoms with Gasteiger partial charge in [0, 0.05) is 30.6 Å². The van der Waals surface area contributed by atoms with Crippen LogP contribution in [0.15, 0.2) is 11.6 Å². The minimum atomic E-state index is -0.615. The number of nitrogens with one attached hydrogen (secondary N) is 1. The molecule has 0 spiro atoms. The molecule has 4 rings (SSSR count). The average molecular weight is 399 g/mol. The summed E-state index contributed by atoms with van der Waals surface area (Å²) in [5.41, 5.74) is 2.92. The van der Waals surface area contributed by atoms with Crippen LogP contribution in [0.3, 0.4) is 0 Å². The van der Waals surface area contributed by atoms with Crippen molar-refractivity contribution in [3.8, 4) is 0 Å². The predicted molar refractivity (Wildman–Crippen MR) is 108 cm³/mol. The van der Waals surface area contributed by atoms with E-state index < -0.39 is 17.8 Å². The molecule has 0 aromatic carbocycles. The first kappa shape index (κ1) is 19.9. The van der Waals surface area contributed by atoms with Crippen molar-refractivity contribution in [2.45, 2.75) is 77.5 Å². The number of hydrogen-bond donors (Lipinski definition) is 1. The normalized spacial score (nSPS) is 25.2. The smallest absolute Gasteiger partial charge is 0.331 e. The second-order valence-corrected chi connectivity index (χ2v) is 8.36. The number of rotatable bonds is 4. The molecule has 4 amide bonds. The fourth-order valence-electron chi connectivity index (χ4n) is 4.74. The minimum absolute atomic E-state index is 0.0348. The van der Waals surface area contributed by atoms with E-state index in [9.17, 15) is 14.4 Å². The maximum absolute atomic E-state index is 13.1. The second-order valence-electron chi connectivity index (χ2n) is 8.36. The molecule has 3 heterocycles. The zero-order chi connectivity index (χ0) is 20.5. The van der Waals surface area contributed by atoms with E-state index in [0.717, 1.165) is 75.0 Å². The molecule has 0 unspecified atom stereocenters. The SMILES string of the molecule is Cc1cc(/C=C2\C(=O)NC(=O)N(C3CCCCC3)C2=O)c(C)n1C[C@@H]1CCCO1. The number of carbonyl (C=O) groups excluding carboxylic acids is 3.